The highest BCUT2D eigenvalue weighted by molar-refractivity contribution is 9.10. The highest BCUT2D eigenvalue weighted by Crippen LogP contribution is 2.20. The maximum Gasteiger partial charge on any atom is 0.0738 e. The van der Waals surface area contributed by atoms with Gasteiger partial charge in [0.1, 0.15) is 0 Å². The van der Waals surface area contributed by atoms with Crippen LogP contribution in [0.15, 0.2) is 4.47 Å². The van der Waals surface area contributed by atoms with Crippen molar-refractivity contribution in [3.63, 3.8) is 0 Å². The molecule has 3 heteroatoms. The van der Waals surface area contributed by atoms with Crippen LogP contribution < -0.4 is 0 Å². The first kappa shape index (κ1) is 11.8. The molecule has 0 aliphatic heterocycles. The van der Waals surface area contributed by atoms with Gasteiger partial charge in [0.25, 0.3) is 0 Å². The Morgan fingerprint density at radius 1 is 1.21 bits per heavy atom. The first-order valence-corrected chi connectivity index (χ1v) is 6.15. The molecule has 0 N–H and O–H groups in total. The van der Waals surface area contributed by atoms with Crippen molar-refractivity contribution in [3.8, 4) is 0 Å². The van der Waals surface area contributed by atoms with Crippen LogP contribution in [0, 0.1) is 13.8 Å². The molecule has 0 aliphatic rings. The average molecular weight is 259 g/mol. The Kier molecular flexibility index (Phi) is 4.66. The fourth-order valence-corrected chi connectivity index (χ4v) is 1.87. The summed E-state index contributed by atoms with van der Waals surface area (Å²) in [6.45, 7) is 7.45. The number of rotatable bonds is 5. The molecule has 0 aliphatic carbocycles. The average Bonchev–Trinajstić information content (AvgIpc) is 2.41. The van der Waals surface area contributed by atoms with E-state index in [4.69, 9.17) is 0 Å². The lowest BCUT2D eigenvalue weighted by Gasteiger charge is -2.03. The molecule has 80 valence electrons. The molecule has 0 atom stereocenters. The number of halogens is 1. The van der Waals surface area contributed by atoms with Gasteiger partial charge in [-0.25, -0.2) is 0 Å². The summed E-state index contributed by atoms with van der Waals surface area (Å²) in [7, 11) is 0. The Morgan fingerprint density at radius 2 is 1.93 bits per heavy atom. The lowest BCUT2D eigenvalue weighted by molar-refractivity contribution is 0.529. The molecule has 0 spiro atoms. The van der Waals surface area contributed by atoms with Gasteiger partial charge in [-0.05, 0) is 36.2 Å². The van der Waals surface area contributed by atoms with Gasteiger partial charge in [-0.1, -0.05) is 26.2 Å². The van der Waals surface area contributed by atoms with Gasteiger partial charge in [0, 0.05) is 12.2 Å². The van der Waals surface area contributed by atoms with Gasteiger partial charge in [0.15, 0.2) is 0 Å². The quantitative estimate of drug-likeness (QED) is 0.734. The van der Waals surface area contributed by atoms with Gasteiger partial charge < -0.3 is 0 Å². The van der Waals surface area contributed by atoms with Crippen molar-refractivity contribution in [2.75, 3.05) is 0 Å². The molecule has 1 rings (SSSR count). The van der Waals surface area contributed by atoms with Crippen LogP contribution in [0.3, 0.4) is 0 Å². The molecule has 0 aromatic carbocycles. The summed E-state index contributed by atoms with van der Waals surface area (Å²) in [6, 6.07) is 0. The zero-order chi connectivity index (χ0) is 10.6. The molecular formula is C11H19BrN2. The second-order valence-corrected chi connectivity index (χ2v) is 4.56. The third-order valence-electron chi connectivity index (χ3n) is 2.52. The summed E-state index contributed by atoms with van der Waals surface area (Å²) in [5, 5.41) is 4.48. The number of unbranched alkanes of at least 4 members (excludes halogenated alkanes) is 3. The normalized spacial score (nSPS) is 10.9. The summed E-state index contributed by atoms with van der Waals surface area (Å²) < 4.78 is 3.27. The molecule has 0 saturated heterocycles. The maximum absolute atomic E-state index is 4.48. The Morgan fingerprint density at radius 3 is 2.43 bits per heavy atom. The fraction of sp³-hybridized carbons (Fsp3) is 0.727. The van der Waals surface area contributed by atoms with E-state index >= 15 is 0 Å². The van der Waals surface area contributed by atoms with Crippen LogP contribution >= 0.6 is 15.9 Å². The molecule has 1 aromatic rings. The van der Waals surface area contributed by atoms with Gasteiger partial charge >= 0.3 is 0 Å². The minimum Gasteiger partial charge on any atom is -0.268 e. The molecular weight excluding hydrogens is 240 g/mol. The molecule has 0 saturated carbocycles. The SMILES string of the molecule is CCCCCCn1nc(C)c(Br)c1C. The van der Waals surface area contributed by atoms with E-state index in [-0.39, 0.29) is 0 Å². The van der Waals surface area contributed by atoms with E-state index in [0.717, 1.165) is 16.7 Å². The van der Waals surface area contributed by atoms with E-state index in [1.165, 1.54) is 31.4 Å². The van der Waals surface area contributed by atoms with Gasteiger partial charge in [0.2, 0.25) is 0 Å². The Balaban J connectivity index is 2.47. The monoisotopic (exact) mass is 258 g/mol. The van der Waals surface area contributed by atoms with Crippen molar-refractivity contribution >= 4 is 15.9 Å². The number of aryl methyl sites for hydroxylation is 2. The van der Waals surface area contributed by atoms with Gasteiger partial charge in [-0.3, -0.25) is 4.68 Å². The van der Waals surface area contributed by atoms with Crippen LogP contribution in [-0.2, 0) is 6.54 Å². The standard InChI is InChI=1S/C11H19BrN2/c1-4-5-6-7-8-14-10(3)11(12)9(2)13-14/h4-8H2,1-3H3. The first-order valence-electron chi connectivity index (χ1n) is 5.36. The lowest BCUT2D eigenvalue weighted by Crippen LogP contribution is -2.02. The van der Waals surface area contributed by atoms with Crippen molar-refractivity contribution in [2.45, 2.75) is 53.0 Å². The maximum atomic E-state index is 4.48. The Hall–Kier alpha value is -0.310. The second kappa shape index (κ2) is 5.54. The summed E-state index contributed by atoms with van der Waals surface area (Å²) >= 11 is 3.54. The Bertz CT molecular complexity index is 292. The van der Waals surface area contributed by atoms with Crippen LogP contribution in [0.1, 0.15) is 44.0 Å². The van der Waals surface area contributed by atoms with Crippen molar-refractivity contribution in [1.82, 2.24) is 9.78 Å². The van der Waals surface area contributed by atoms with E-state index in [2.05, 4.69) is 39.6 Å². The number of hydrogen-bond donors (Lipinski definition) is 0. The molecule has 0 bridgehead atoms. The predicted molar refractivity (Wildman–Crippen MR) is 63.5 cm³/mol. The van der Waals surface area contributed by atoms with Crippen molar-refractivity contribution in [1.29, 1.82) is 0 Å². The van der Waals surface area contributed by atoms with Crippen molar-refractivity contribution < 1.29 is 0 Å². The lowest BCUT2D eigenvalue weighted by atomic mass is 10.2. The van der Waals surface area contributed by atoms with Gasteiger partial charge in [-0.2, -0.15) is 5.10 Å². The summed E-state index contributed by atoms with van der Waals surface area (Å²) in [4.78, 5) is 0. The molecule has 0 amide bonds. The number of hydrogen-bond acceptors (Lipinski definition) is 1. The van der Waals surface area contributed by atoms with E-state index in [9.17, 15) is 0 Å². The van der Waals surface area contributed by atoms with Crippen LogP contribution in [0.4, 0.5) is 0 Å². The van der Waals surface area contributed by atoms with E-state index in [1.54, 1.807) is 0 Å². The molecule has 14 heavy (non-hydrogen) atoms. The number of nitrogens with zero attached hydrogens (tertiary/aromatic N) is 2. The highest BCUT2D eigenvalue weighted by atomic mass is 79.9. The van der Waals surface area contributed by atoms with E-state index in [1.807, 2.05) is 6.92 Å². The van der Waals surface area contributed by atoms with Gasteiger partial charge in [0.05, 0.1) is 10.2 Å². The third-order valence-corrected chi connectivity index (χ3v) is 3.66. The Labute approximate surface area is 94.8 Å². The predicted octanol–water partition coefficient (Wildman–Crippen LogP) is 3.84. The summed E-state index contributed by atoms with van der Waals surface area (Å²) in [5.74, 6) is 0. The van der Waals surface area contributed by atoms with E-state index in [0.29, 0.717) is 0 Å². The molecule has 0 radical (unpaired) electrons. The fourth-order valence-electron chi connectivity index (χ4n) is 1.58. The smallest absolute Gasteiger partial charge is 0.0738 e. The zero-order valence-electron chi connectivity index (χ0n) is 9.31. The number of aromatic nitrogens is 2. The van der Waals surface area contributed by atoms with Crippen molar-refractivity contribution in [2.24, 2.45) is 0 Å². The minimum absolute atomic E-state index is 1.05. The summed E-state index contributed by atoms with van der Waals surface area (Å²) in [5.41, 5.74) is 2.34. The minimum atomic E-state index is 1.05. The molecule has 1 heterocycles. The first-order chi connectivity index (χ1) is 6.66. The third kappa shape index (κ3) is 2.84. The molecule has 0 fully saturated rings. The molecule has 0 unspecified atom stereocenters. The molecule has 2 nitrogen and oxygen atoms in total. The summed E-state index contributed by atoms with van der Waals surface area (Å²) in [6.07, 6.45) is 5.18. The van der Waals surface area contributed by atoms with E-state index < -0.39 is 0 Å². The second-order valence-electron chi connectivity index (χ2n) is 3.77. The zero-order valence-corrected chi connectivity index (χ0v) is 10.9. The van der Waals surface area contributed by atoms with Gasteiger partial charge in [-0.15, -0.1) is 0 Å². The van der Waals surface area contributed by atoms with Crippen LogP contribution in [0.2, 0.25) is 0 Å². The topological polar surface area (TPSA) is 17.8 Å². The largest absolute Gasteiger partial charge is 0.268 e. The highest BCUT2D eigenvalue weighted by Gasteiger charge is 2.07. The van der Waals surface area contributed by atoms with Crippen LogP contribution in [0.25, 0.3) is 0 Å². The van der Waals surface area contributed by atoms with Crippen molar-refractivity contribution in [3.05, 3.63) is 15.9 Å². The van der Waals surface area contributed by atoms with Crippen LogP contribution in [-0.4, -0.2) is 9.78 Å². The molecule has 1 aromatic heterocycles. The van der Waals surface area contributed by atoms with Crippen LogP contribution in [0.5, 0.6) is 0 Å².